The first-order chi connectivity index (χ1) is 9.69. The van der Waals surface area contributed by atoms with Gasteiger partial charge in [-0.3, -0.25) is 4.90 Å². The first-order valence-corrected chi connectivity index (χ1v) is 8.33. The van der Waals surface area contributed by atoms with Gasteiger partial charge >= 0.3 is 0 Å². The van der Waals surface area contributed by atoms with Gasteiger partial charge in [-0.1, -0.05) is 13.8 Å². The van der Waals surface area contributed by atoms with Gasteiger partial charge in [0, 0.05) is 37.7 Å². The van der Waals surface area contributed by atoms with Gasteiger partial charge in [0.15, 0.2) is 0 Å². The second kappa shape index (κ2) is 7.74. The lowest BCUT2D eigenvalue weighted by atomic mass is 9.81. The van der Waals surface area contributed by atoms with E-state index >= 15 is 0 Å². The molecule has 2 fully saturated rings. The third kappa shape index (κ3) is 4.17. The van der Waals surface area contributed by atoms with Gasteiger partial charge in [0.1, 0.15) is 0 Å². The Morgan fingerprint density at radius 1 is 1.35 bits per heavy atom. The van der Waals surface area contributed by atoms with Crippen LogP contribution in [0.5, 0.6) is 0 Å². The van der Waals surface area contributed by atoms with E-state index in [-0.39, 0.29) is 0 Å². The summed E-state index contributed by atoms with van der Waals surface area (Å²) in [5.74, 6) is 0. The maximum absolute atomic E-state index is 5.83. The van der Waals surface area contributed by atoms with Gasteiger partial charge in [0.05, 0.1) is 19.3 Å². The van der Waals surface area contributed by atoms with E-state index < -0.39 is 0 Å². The average molecular weight is 284 g/mol. The maximum Gasteiger partial charge on any atom is 0.0674 e. The van der Waals surface area contributed by atoms with Crippen LogP contribution >= 0.6 is 0 Å². The number of nitrogens with zero attached hydrogens (tertiary/aromatic N) is 1. The Balaban J connectivity index is 2.00. The summed E-state index contributed by atoms with van der Waals surface area (Å²) < 4.78 is 11.6. The summed E-state index contributed by atoms with van der Waals surface area (Å²) in [5.41, 5.74) is 0.290. The molecule has 0 saturated carbocycles. The SMILES string of the molecule is CCNCC1(CN2CC(C)OCC2CC)CCCOC1. The van der Waals surface area contributed by atoms with Gasteiger partial charge in [0.25, 0.3) is 0 Å². The largest absolute Gasteiger partial charge is 0.381 e. The second-order valence-corrected chi connectivity index (χ2v) is 6.57. The average Bonchev–Trinajstić information content (AvgIpc) is 2.46. The maximum atomic E-state index is 5.83. The van der Waals surface area contributed by atoms with Gasteiger partial charge in [-0.05, 0) is 32.7 Å². The van der Waals surface area contributed by atoms with Gasteiger partial charge in [-0.25, -0.2) is 0 Å². The Bertz CT molecular complexity index is 280. The van der Waals surface area contributed by atoms with Crippen molar-refractivity contribution in [1.29, 1.82) is 0 Å². The van der Waals surface area contributed by atoms with Crippen LogP contribution < -0.4 is 5.32 Å². The Hall–Kier alpha value is -0.160. The van der Waals surface area contributed by atoms with E-state index in [1.54, 1.807) is 0 Å². The first kappa shape index (κ1) is 16.2. The Labute approximate surface area is 124 Å². The molecule has 0 aromatic rings. The molecule has 0 bridgehead atoms. The van der Waals surface area contributed by atoms with Crippen molar-refractivity contribution < 1.29 is 9.47 Å². The van der Waals surface area contributed by atoms with Crippen molar-refractivity contribution in [2.24, 2.45) is 5.41 Å². The lowest BCUT2D eigenvalue weighted by Crippen LogP contribution is -2.56. The van der Waals surface area contributed by atoms with Crippen LogP contribution in [0, 0.1) is 5.41 Å². The molecule has 0 spiro atoms. The second-order valence-electron chi connectivity index (χ2n) is 6.57. The van der Waals surface area contributed by atoms with Crippen LogP contribution in [-0.4, -0.2) is 63.0 Å². The molecule has 2 heterocycles. The smallest absolute Gasteiger partial charge is 0.0674 e. The lowest BCUT2D eigenvalue weighted by Gasteiger charge is -2.46. The molecule has 1 N–H and O–H groups in total. The normalized spacial score (nSPS) is 36.1. The van der Waals surface area contributed by atoms with Crippen molar-refractivity contribution in [2.75, 3.05) is 46.0 Å². The quantitative estimate of drug-likeness (QED) is 0.807. The van der Waals surface area contributed by atoms with Gasteiger partial charge in [-0.2, -0.15) is 0 Å². The number of morpholine rings is 1. The highest BCUT2D eigenvalue weighted by molar-refractivity contribution is 4.90. The summed E-state index contributed by atoms with van der Waals surface area (Å²) in [6.07, 6.45) is 4.01. The molecule has 3 atom stereocenters. The molecule has 2 saturated heterocycles. The molecule has 4 heteroatoms. The minimum absolute atomic E-state index is 0.290. The number of ether oxygens (including phenoxy) is 2. The summed E-state index contributed by atoms with van der Waals surface area (Å²) in [6.45, 7) is 13.7. The van der Waals surface area contributed by atoms with Crippen LogP contribution in [0.25, 0.3) is 0 Å². The highest BCUT2D eigenvalue weighted by Gasteiger charge is 2.37. The van der Waals surface area contributed by atoms with Crippen molar-refractivity contribution >= 4 is 0 Å². The van der Waals surface area contributed by atoms with Crippen LogP contribution in [0.1, 0.15) is 40.0 Å². The monoisotopic (exact) mass is 284 g/mol. The molecular weight excluding hydrogens is 252 g/mol. The van der Waals surface area contributed by atoms with Crippen LogP contribution in [0.15, 0.2) is 0 Å². The summed E-state index contributed by atoms with van der Waals surface area (Å²) in [4.78, 5) is 2.65. The van der Waals surface area contributed by atoms with E-state index in [2.05, 4.69) is 31.0 Å². The molecule has 0 radical (unpaired) electrons. The topological polar surface area (TPSA) is 33.7 Å². The number of rotatable bonds is 6. The van der Waals surface area contributed by atoms with E-state index in [0.717, 1.165) is 46.0 Å². The molecule has 118 valence electrons. The molecule has 20 heavy (non-hydrogen) atoms. The predicted octanol–water partition coefficient (Wildman–Crippen LogP) is 1.89. The van der Waals surface area contributed by atoms with Gasteiger partial charge in [0.2, 0.25) is 0 Å². The summed E-state index contributed by atoms with van der Waals surface area (Å²) >= 11 is 0. The zero-order valence-corrected chi connectivity index (χ0v) is 13.5. The first-order valence-electron chi connectivity index (χ1n) is 8.33. The zero-order valence-electron chi connectivity index (χ0n) is 13.5. The highest BCUT2D eigenvalue weighted by atomic mass is 16.5. The molecule has 0 amide bonds. The van der Waals surface area contributed by atoms with Crippen molar-refractivity contribution in [3.05, 3.63) is 0 Å². The van der Waals surface area contributed by atoms with Crippen LogP contribution in [0.2, 0.25) is 0 Å². The fourth-order valence-corrected chi connectivity index (χ4v) is 3.53. The van der Waals surface area contributed by atoms with Crippen LogP contribution in [0.3, 0.4) is 0 Å². The molecule has 2 aliphatic rings. The summed E-state index contributed by atoms with van der Waals surface area (Å²) in [5, 5.41) is 3.55. The third-order valence-electron chi connectivity index (χ3n) is 4.74. The molecule has 3 unspecified atom stereocenters. The zero-order chi connectivity index (χ0) is 14.4. The summed E-state index contributed by atoms with van der Waals surface area (Å²) in [6, 6.07) is 0.576. The van der Waals surface area contributed by atoms with E-state index in [9.17, 15) is 0 Å². The third-order valence-corrected chi connectivity index (χ3v) is 4.74. The van der Waals surface area contributed by atoms with E-state index in [4.69, 9.17) is 9.47 Å². The van der Waals surface area contributed by atoms with Gasteiger partial charge in [-0.15, -0.1) is 0 Å². The minimum Gasteiger partial charge on any atom is -0.381 e. The molecule has 0 aromatic carbocycles. The highest BCUT2D eigenvalue weighted by Crippen LogP contribution is 2.31. The summed E-state index contributed by atoms with van der Waals surface area (Å²) in [7, 11) is 0. The Kier molecular flexibility index (Phi) is 6.27. The molecular formula is C16H32N2O2. The van der Waals surface area contributed by atoms with Crippen molar-refractivity contribution in [1.82, 2.24) is 10.2 Å². The van der Waals surface area contributed by atoms with Crippen molar-refractivity contribution in [2.45, 2.75) is 52.2 Å². The molecule has 0 aromatic heterocycles. The van der Waals surface area contributed by atoms with Crippen LogP contribution in [0.4, 0.5) is 0 Å². The minimum atomic E-state index is 0.290. The van der Waals surface area contributed by atoms with Crippen molar-refractivity contribution in [3.8, 4) is 0 Å². The van der Waals surface area contributed by atoms with E-state index in [1.807, 2.05) is 0 Å². The fraction of sp³-hybridized carbons (Fsp3) is 1.00. The Morgan fingerprint density at radius 3 is 2.85 bits per heavy atom. The number of nitrogens with one attached hydrogen (secondary N) is 1. The standard InChI is InChI=1S/C16H32N2O2/c1-4-15-10-20-14(3)9-18(15)12-16(11-17-5-2)7-6-8-19-13-16/h14-15,17H,4-13H2,1-3H3. The fourth-order valence-electron chi connectivity index (χ4n) is 3.53. The van der Waals surface area contributed by atoms with E-state index in [1.165, 1.54) is 19.3 Å². The number of hydrogen-bond acceptors (Lipinski definition) is 4. The van der Waals surface area contributed by atoms with Gasteiger partial charge < -0.3 is 14.8 Å². The number of hydrogen-bond donors (Lipinski definition) is 1. The van der Waals surface area contributed by atoms with E-state index in [0.29, 0.717) is 17.6 Å². The molecule has 4 nitrogen and oxygen atoms in total. The lowest BCUT2D eigenvalue weighted by molar-refractivity contribution is -0.0901. The predicted molar refractivity (Wildman–Crippen MR) is 82.1 cm³/mol. The molecule has 0 aliphatic carbocycles. The Morgan fingerprint density at radius 2 is 2.20 bits per heavy atom. The van der Waals surface area contributed by atoms with Crippen LogP contribution in [-0.2, 0) is 9.47 Å². The molecule has 2 aliphatic heterocycles. The van der Waals surface area contributed by atoms with Crippen molar-refractivity contribution in [3.63, 3.8) is 0 Å². The molecule has 2 rings (SSSR count).